The Kier molecular flexibility index (Phi) is 4.90. The zero-order valence-corrected chi connectivity index (χ0v) is 14.8. The van der Waals surface area contributed by atoms with Crippen LogP contribution in [0, 0.1) is 11.8 Å². The van der Waals surface area contributed by atoms with Crippen LogP contribution in [0.3, 0.4) is 0 Å². The molecule has 0 saturated carbocycles. The van der Waals surface area contributed by atoms with Gasteiger partial charge >= 0.3 is 0 Å². The van der Waals surface area contributed by atoms with Gasteiger partial charge in [-0.15, -0.1) is 0 Å². The van der Waals surface area contributed by atoms with E-state index in [1.807, 2.05) is 13.8 Å². The highest BCUT2D eigenvalue weighted by atomic mass is 16.2. The molecule has 1 aromatic carbocycles. The standard InChI is InChI=1S/C19H25N3O3/c1-12(2)16(19(25)21-9-7-13(11-20)8-10-21)22-17(23)14-5-3-4-6-15(14)18(22)24/h3-6,12-13,16H,7-11,20H2,1-2H3. The number of amides is 3. The van der Waals surface area contributed by atoms with Gasteiger partial charge in [0.05, 0.1) is 11.1 Å². The Balaban J connectivity index is 1.84. The number of carbonyl (C=O) groups excluding carboxylic acids is 3. The minimum atomic E-state index is -0.762. The van der Waals surface area contributed by atoms with Crippen molar-refractivity contribution in [2.75, 3.05) is 19.6 Å². The quantitative estimate of drug-likeness (QED) is 0.840. The molecule has 3 rings (SSSR count). The first kappa shape index (κ1) is 17.6. The summed E-state index contributed by atoms with van der Waals surface area (Å²) in [6, 6.07) is 5.99. The molecule has 0 spiro atoms. The fourth-order valence-corrected chi connectivity index (χ4v) is 3.73. The zero-order valence-electron chi connectivity index (χ0n) is 14.8. The third-order valence-electron chi connectivity index (χ3n) is 5.25. The van der Waals surface area contributed by atoms with E-state index in [-0.39, 0.29) is 23.6 Å². The van der Waals surface area contributed by atoms with Crippen LogP contribution in [-0.4, -0.2) is 53.2 Å². The summed E-state index contributed by atoms with van der Waals surface area (Å²) in [5, 5.41) is 0. The maximum absolute atomic E-state index is 13.1. The van der Waals surface area contributed by atoms with Gasteiger partial charge in [-0.3, -0.25) is 19.3 Å². The highest BCUT2D eigenvalue weighted by Crippen LogP contribution is 2.29. The molecule has 1 aromatic rings. The molecule has 1 unspecified atom stereocenters. The number of likely N-dealkylation sites (tertiary alicyclic amines) is 1. The van der Waals surface area contributed by atoms with Crippen molar-refractivity contribution in [2.45, 2.75) is 32.7 Å². The molecule has 0 aliphatic carbocycles. The maximum Gasteiger partial charge on any atom is 0.262 e. The van der Waals surface area contributed by atoms with Crippen LogP contribution in [0.1, 0.15) is 47.4 Å². The summed E-state index contributed by atoms with van der Waals surface area (Å²) in [5.74, 6) is -0.586. The van der Waals surface area contributed by atoms with Crippen LogP contribution >= 0.6 is 0 Å². The van der Waals surface area contributed by atoms with Crippen molar-refractivity contribution < 1.29 is 14.4 Å². The predicted molar refractivity (Wildman–Crippen MR) is 93.9 cm³/mol. The molecule has 0 bridgehead atoms. The van der Waals surface area contributed by atoms with E-state index in [4.69, 9.17) is 5.73 Å². The van der Waals surface area contributed by atoms with Gasteiger partial charge in [0.25, 0.3) is 11.8 Å². The van der Waals surface area contributed by atoms with Crippen LogP contribution in [0.4, 0.5) is 0 Å². The first-order valence-corrected chi connectivity index (χ1v) is 8.91. The molecule has 1 fully saturated rings. The van der Waals surface area contributed by atoms with Crippen LogP contribution < -0.4 is 5.73 Å². The second-order valence-electron chi connectivity index (χ2n) is 7.22. The van der Waals surface area contributed by atoms with Gasteiger partial charge in [0.15, 0.2) is 0 Å². The smallest absolute Gasteiger partial charge is 0.262 e. The largest absolute Gasteiger partial charge is 0.341 e. The summed E-state index contributed by atoms with van der Waals surface area (Å²) < 4.78 is 0. The number of benzene rings is 1. The minimum Gasteiger partial charge on any atom is -0.341 e. The monoisotopic (exact) mass is 343 g/mol. The molecule has 1 saturated heterocycles. The van der Waals surface area contributed by atoms with Crippen LogP contribution in [0.2, 0.25) is 0 Å². The summed E-state index contributed by atoms with van der Waals surface area (Å²) >= 11 is 0. The van der Waals surface area contributed by atoms with Crippen LogP contribution in [-0.2, 0) is 4.79 Å². The minimum absolute atomic E-state index is 0.139. The Morgan fingerprint density at radius 2 is 1.64 bits per heavy atom. The lowest BCUT2D eigenvalue weighted by atomic mass is 9.94. The van der Waals surface area contributed by atoms with Crippen molar-refractivity contribution >= 4 is 17.7 Å². The van der Waals surface area contributed by atoms with Gasteiger partial charge < -0.3 is 10.6 Å². The van der Waals surface area contributed by atoms with Crippen molar-refractivity contribution in [1.82, 2.24) is 9.80 Å². The van der Waals surface area contributed by atoms with Crippen molar-refractivity contribution in [3.8, 4) is 0 Å². The van der Waals surface area contributed by atoms with E-state index in [2.05, 4.69) is 0 Å². The van der Waals surface area contributed by atoms with Gasteiger partial charge in [-0.1, -0.05) is 26.0 Å². The van der Waals surface area contributed by atoms with Crippen molar-refractivity contribution in [1.29, 1.82) is 0 Å². The van der Waals surface area contributed by atoms with E-state index in [1.165, 1.54) is 0 Å². The summed E-state index contributed by atoms with van der Waals surface area (Å²) in [5.41, 5.74) is 6.48. The number of hydrogen-bond donors (Lipinski definition) is 1. The van der Waals surface area contributed by atoms with E-state index in [9.17, 15) is 14.4 Å². The molecule has 25 heavy (non-hydrogen) atoms. The Hall–Kier alpha value is -2.21. The second kappa shape index (κ2) is 6.96. The van der Waals surface area contributed by atoms with Crippen molar-refractivity contribution in [3.05, 3.63) is 35.4 Å². The highest BCUT2D eigenvalue weighted by molar-refractivity contribution is 6.22. The number of nitrogens with two attached hydrogens (primary N) is 1. The maximum atomic E-state index is 13.1. The molecule has 2 aliphatic heterocycles. The van der Waals surface area contributed by atoms with Crippen LogP contribution in [0.5, 0.6) is 0 Å². The van der Waals surface area contributed by atoms with Gasteiger partial charge in [-0.05, 0) is 43.4 Å². The molecule has 3 amide bonds. The second-order valence-corrected chi connectivity index (χ2v) is 7.22. The first-order chi connectivity index (χ1) is 12.0. The number of nitrogens with zero attached hydrogens (tertiary/aromatic N) is 2. The number of hydrogen-bond acceptors (Lipinski definition) is 4. The number of piperidine rings is 1. The third-order valence-corrected chi connectivity index (χ3v) is 5.25. The van der Waals surface area contributed by atoms with Gasteiger partial charge in [0, 0.05) is 13.1 Å². The van der Waals surface area contributed by atoms with E-state index >= 15 is 0 Å². The molecular formula is C19H25N3O3. The van der Waals surface area contributed by atoms with E-state index in [0.29, 0.717) is 36.7 Å². The average molecular weight is 343 g/mol. The molecule has 2 N–H and O–H groups in total. The van der Waals surface area contributed by atoms with Crippen molar-refractivity contribution in [3.63, 3.8) is 0 Å². The lowest BCUT2D eigenvalue weighted by Gasteiger charge is -2.37. The lowest BCUT2D eigenvalue weighted by molar-refractivity contribution is -0.138. The Labute approximate surface area is 148 Å². The van der Waals surface area contributed by atoms with Gasteiger partial charge in [-0.25, -0.2) is 0 Å². The fraction of sp³-hybridized carbons (Fsp3) is 0.526. The van der Waals surface area contributed by atoms with E-state index < -0.39 is 6.04 Å². The summed E-state index contributed by atoms with van der Waals surface area (Å²) in [4.78, 5) is 41.6. The molecule has 0 aromatic heterocycles. The van der Waals surface area contributed by atoms with E-state index in [0.717, 1.165) is 17.7 Å². The number of imide groups is 1. The Morgan fingerprint density at radius 1 is 1.12 bits per heavy atom. The van der Waals surface area contributed by atoms with E-state index in [1.54, 1.807) is 29.2 Å². The van der Waals surface area contributed by atoms with Gasteiger partial charge in [0.1, 0.15) is 6.04 Å². The fourth-order valence-electron chi connectivity index (χ4n) is 3.73. The molecule has 2 heterocycles. The van der Waals surface area contributed by atoms with Crippen LogP contribution in [0.25, 0.3) is 0 Å². The molecule has 6 heteroatoms. The Bertz CT molecular complexity index is 658. The van der Waals surface area contributed by atoms with Crippen LogP contribution in [0.15, 0.2) is 24.3 Å². The zero-order chi connectivity index (χ0) is 18.1. The normalized spacial score (nSPS) is 19.5. The third kappa shape index (κ3) is 3.06. The summed E-state index contributed by atoms with van der Waals surface area (Å²) in [6.45, 7) is 5.64. The SMILES string of the molecule is CC(C)C(C(=O)N1CCC(CN)CC1)N1C(=O)c2ccccc2C1=O. The molecule has 1 atom stereocenters. The molecule has 0 radical (unpaired) electrons. The lowest BCUT2D eigenvalue weighted by Crippen LogP contribution is -2.55. The number of rotatable bonds is 4. The molecule has 134 valence electrons. The summed E-state index contributed by atoms with van der Waals surface area (Å²) in [6.07, 6.45) is 1.74. The Morgan fingerprint density at radius 3 is 2.08 bits per heavy atom. The topological polar surface area (TPSA) is 83.7 Å². The first-order valence-electron chi connectivity index (χ1n) is 8.91. The van der Waals surface area contributed by atoms with Gasteiger partial charge in [0.2, 0.25) is 5.91 Å². The molecule has 6 nitrogen and oxygen atoms in total. The number of carbonyl (C=O) groups is 3. The molecular weight excluding hydrogens is 318 g/mol. The average Bonchev–Trinajstić information content (AvgIpc) is 2.87. The summed E-state index contributed by atoms with van der Waals surface area (Å²) in [7, 11) is 0. The molecule has 2 aliphatic rings. The van der Waals surface area contributed by atoms with Crippen molar-refractivity contribution in [2.24, 2.45) is 17.6 Å². The van der Waals surface area contributed by atoms with Gasteiger partial charge in [-0.2, -0.15) is 0 Å². The number of fused-ring (bicyclic) bond motifs is 1. The predicted octanol–water partition coefficient (Wildman–Crippen LogP) is 1.50. The highest BCUT2D eigenvalue weighted by Gasteiger charge is 2.45.